The van der Waals surface area contributed by atoms with Crippen molar-refractivity contribution < 1.29 is 26.2 Å². The Labute approximate surface area is 201 Å². The number of hydrogen-bond donors (Lipinski definition) is 0. The summed E-state index contributed by atoms with van der Waals surface area (Å²) in [5, 5.41) is 0.340. The predicted octanol–water partition coefficient (Wildman–Crippen LogP) is 5.68. The van der Waals surface area contributed by atoms with E-state index in [9.17, 15) is 17.6 Å². The van der Waals surface area contributed by atoms with E-state index in [0.717, 1.165) is 29.8 Å². The number of halogens is 2. The first-order valence-electron chi connectivity index (χ1n) is 10.2. The molecule has 0 spiro atoms. The zero-order valence-corrected chi connectivity index (χ0v) is 19.3. The van der Waals surface area contributed by atoms with Gasteiger partial charge in [0.15, 0.2) is 0 Å². The smallest absolute Gasteiger partial charge is 0.339 e. The van der Waals surface area contributed by atoms with Gasteiger partial charge in [-0.15, -0.1) is 0 Å². The fourth-order valence-corrected chi connectivity index (χ4v) is 4.39. The van der Waals surface area contributed by atoms with Crippen molar-refractivity contribution in [1.29, 1.82) is 0 Å². The highest BCUT2D eigenvalue weighted by molar-refractivity contribution is 7.87. The number of amides is 1. The number of hydrogen-bond acceptors (Lipinski definition) is 5. The van der Waals surface area contributed by atoms with Crippen molar-refractivity contribution in [3.05, 3.63) is 119 Å². The van der Waals surface area contributed by atoms with E-state index in [1.165, 1.54) is 18.4 Å². The molecule has 174 valence electrons. The Morgan fingerprint density at radius 3 is 2.26 bits per heavy atom. The van der Waals surface area contributed by atoms with Gasteiger partial charge in [0.25, 0.3) is 5.91 Å². The van der Waals surface area contributed by atoms with Crippen LogP contribution in [0.5, 0.6) is 5.75 Å². The minimum absolute atomic E-state index is 0.0862. The highest BCUT2D eigenvalue weighted by atomic mass is 35.5. The Morgan fingerprint density at radius 1 is 0.912 bits per heavy atom. The van der Waals surface area contributed by atoms with Gasteiger partial charge in [-0.3, -0.25) is 4.79 Å². The molecule has 9 heteroatoms. The van der Waals surface area contributed by atoms with Crippen molar-refractivity contribution in [2.45, 2.75) is 18.0 Å². The van der Waals surface area contributed by atoms with Crippen LogP contribution in [0.1, 0.15) is 21.7 Å². The number of rotatable bonds is 8. The normalized spacial score (nSPS) is 11.2. The molecule has 1 amide bonds. The summed E-state index contributed by atoms with van der Waals surface area (Å²) in [6.45, 7) is 0.435. The molecule has 0 fully saturated rings. The molecule has 0 bridgehead atoms. The number of benzene rings is 3. The maximum atomic E-state index is 13.2. The summed E-state index contributed by atoms with van der Waals surface area (Å²) < 4.78 is 48.4. The second-order valence-corrected chi connectivity index (χ2v) is 9.31. The summed E-state index contributed by atoms with van der Waals surface area (Å²) in [6, 6.07) is 20.9. The number of furan rings is 1. The van der Waals surface area contributed by atoms with Crippen LogP contribution in [0.25, 0.3) is 0 Å². The first kappa shape index (κ1) is 23.5. The van der Waals surface area contributed by atoms with Gasteiger partial charge in [-0.2, -0.15) is 8.42 Å². The third-order valence-electron chi connectivity index (χ3n) is 4.92. The Kier molecular flexibility index (Phi) is 7.00. The van der Waals surface area contributed by atoms with Crippen molar-refractivity contribution in [2.24, 2.45) is 0 Å². The van der Waals surface area contributed by atoms with Crippen molar-refractivity contribution >= 4 is 27.6 Å². The average Bonchev–Trinajstić information content (AvgIpc) is 3.33. The van der Waals surface area contributed by atoms with Crippen LogP contribution in [0, 0.1) is 5.82 Å². The van der Waals surface area contributed by atoms with E-state index >= 15 is 0 Å². The largest absolute Gasteiger partial charge is 0.467 e. The summed E-state index contributed by atoms with van der Waals surface area (Å²) >= 11 is 6.22. The summed E-state index contributed by atoms with van der Waals surface area (Å²) in [4.78, 5) is 14.6. The van der Waals surface area contributed by atoms with Gasteiger partial charge >= 0.3 is 10.1 Å². The summed E-state index contributed by atoms with van der Waals surface area (Å²) in [5.41, 5.74) is 1.10. The first-order chi connectivity index (χ1) is 16.3. The van der Waals surface area contributed by atoms with E-state index in [0.29, 0.717) is 16.3 Å². The van der Waals surface area contributed by atoms with Gasteiger partial charge in [0.2, 0.25) is 0 Å². The molecule has 3 aromatic carbocycles. The molecule has 6 nitrogen and oxygen atoms in total. The van der Waals surface area contributed by atoms with E-state index in [1.807, 2.05) is 0 Å². The van der Waals surface area contributed by atoms with Gasteiger partial charge in [-0.25, -0.2) is 4.39 Å². The zero-order chi connectivity index (χ0) is 24.1. The quantitative estimate of drug-likeness (QED) is 0.291. The van der Waals surface area contributed by atoms with E-state index in [4.69, 9.17) is 20.2 Å². The fraction of sp³-hybridized carbons (Fsp3) is 0.0800. The Balaban J connectivity index is 1.52. The molecule has 0 N–H and O–H groups in total. The Bertz CT molecular complexity index is 1370. The second kappa shape index (κ2) is 10.1. The molecule has 4 aromatic rings. The van der Waals surface area contributed by atoms with Crippen LogP contribution in [0.15, 0.2) is 101 Å². The van der Waals surface area contributed by atoms with Crippen molar-refractivity contribution in [1.82, 2.24) is 4.90 Å². The van der Waals surface area contributed by atoms with Gasteiger partial charge < -0.3 is 13.5 Å². The minimum atomic E-state index is -4.11. The number of nitrogens with zero attached hydrogens (tertiary/aromatic N) is 1. The van der Waals surface area contributed by atoms with Gasteiger partial charge in [0, 0.05) is 6.54 Å². The molecule has 34 heavy (non-hydrogen) atoms. The van der Waals surface area contributed by atoms with Gasteiger partial charge in [-0.1, -0.05) is 35.9 Å². The van der Waals surface area contributed by atoms with Crippen molar-refractivity contribution in [3.8, 4) is 5.75 Å². The predicted molar refractivity (Wildman–Crippen MR) is 124 cm³/mol. The number of carbonyl (C=O) groups is 1. The molecule has 1 aromatic heterocycles. The van der Waals surface area contributed by atoms with Crippen LogP contribution in [0.4, 0.5) is 4.39 Å². The van der Waals surface area contributed by atoms with E-state index in [2.05, 4.69) is 0 Å². The molecule has 0 saturated carbocycles. The summed E-state index contributed by atoms with van der Waals surface area (Å²) in [6.07, 6.45) is 1.53. The zero-order valence-electron chi connectivity index (χ0n) is 17.7. The summed E-state index contributed by atoms with van der Waals surface area (Å²) in [7, 11) is -4.11. The minimum Gasteiger partial charge on any atom is -0.467 e. The maximum absolute atomic E-state index is 13.2. The highest BCUT2D eigenvalue weighted by Gasteiger charge is 2.21. The average molecular weight is 500 g/mol. The molecule has 4 rings (SSSR count). The molecule has 0 aliphatic carbocycles. The van der Waals surface area contributed by atoms with Gasteiger partial charge in [0.1, 0.15) is 22.2 Å². The SMILES string of the molecule is O=C(c1ccccc1Cl)N(Cc1ccc(OS(=O)(=O)c2ccc(F)cc2)cc1)Cc1ccco1. The Morgan fingerprint density at radius 2 is 1.62 bits per heavy atom. The number of carbonyl (C=O) groups excluding carboxylic acids is 1. The Hall–Kier alpha value is -3.62. The van der Waals surface area contributed by atoms with Crippen LogP contribution in [-0.2, 0) is 23.2 Å². The van der Waals surface area contributed by atoms with Gasteiger partial charge in [0.05, 0.1) is 23.4 Å². The van der Waals surface area contributed by atoms with E-state index in [1.54, 1.807) is 53.4 Å². The van der Waals surface area contributed by atoms with Crippen LogP contribution in [-0.4, -0.2) is 19.2 Å². The van der Waals surface area contributed by atoms with Gasteiger partial charge in [-0.05, 0) is 66.2 Å². The standard InChI is InChI=1S/C25H19ClFNO5S/c26-24-6-2-1-5-23(24)25(29)28(17-21-4-3-15-32-21)16-18-7-11-20(12-8-18)33-34(30,31)22-13-9-19(27)10-14-22/h1-15H,16-17H2. The molecule has 0 aliphatic heterocycles. The highest BCUT2D eigenvalue weighted by Crippen LogP contribution is 2.23. The van der Waals surface area contributed by atoms with Crippen LogP contribution >= 0.6 is 11.6 Å². The van der Waals surface area contributed by atoms with E-state index < -0.39 is 15.9 Å². The van der Waals surface area contributed by atoms with Crippen LogP contribution in [0.3, 0.4) is 0 Å². The van der Waals surface area contributed by atoms with Crippen molar-refractivity contribution in [3.63, 3.8) is 0 Å². The van der Waals surface area contributed by atoms with E-state index in [-0.39, 0.29) is 29.6 Å². The summed E-state index contributed by atoms with van der Waals surface area (Å²) in [5.74, 6) is -0.135. The molecular weight excluding hydrogens is 481 g/mol. The molecule has 0 saturated heterocycles. The maximum Gasteiger partial charge on any atom is 0.339 e. The molecule has 0 atom stereocenters. The lowest BCUT2D eigenvalue weighted by Gasteiger charge is -2.22. The lowest BCUT2D eigenvalue weighted by atomic mass is 10.1. The molecule has 0 radical (unpaired) electrons. The molecule has 0 aliphatic rings. The third-order valence-corrected chi connectivity index (χ3v) is 6.51. The fourth-order valence-electron chi connectivity index (χ4n) is 3.24. The molecule has 1 heterocycles. The monoisotopic (exact) mass is 499 g/mol. The molecule has 0 unspecified atom stereocenters. The lowest BCUT2D eigenvalue weighted by molar-refractivity contribution is 0.0718. The van der Waals surface area contributed by atoms with Crippen molar-refractivity contribution in [2.75, 3.05) is 0 Å². The second-order valence-electron chi connectivity index (χ2n) is 7.36. The first-order valence-corrected chi connectivity index (χ1v) is 12.0. The topological polar surface area (TPSA) is 76.8 Å². The molecular formula is C25H19ClFNO5S. The third kappa shape index (κ3) is 5.65. The lowest BCUT2D eigenvalue weighted by Crippen LogP contribution is -2.30. The van der Waals surface area contributed by atoms with Crippen LogP contribution in [0.2, 0.25) is 5.02 Å². The van der Waals surface area contributed by atoms with Crippen LogP contribution < -0.4 is 4.18 Å².